The first kappa shape index (κ1) is 22.7. The van der Waals surface area contributed by atoms with Crippen molar-refractivity contribution in [2.75, 3.05) is 39.8 Å². The van der Waals surface area contributed by atoms with Crippen LogP contribution in [0, 0.1) is 0 Å². The van der Waals surface area contributed by atoms with Crippen molar-refractivity contribution in [3.63, 3.8) is 0 Å². The van der Waals surface area contributed by atoms with Crippen LogP contribution >= 0.6 is 23.1 Å². The van der Waals surface area contributed by atoms with Gasteiger partial charge in [0, 0.05) is 46.8 Å². The summed E-state index contributed by atoms with van der Waals surface area (Å²) < 4.78 is 22.1. The van der Waals surface area contributed by atoms with Gasteiger partial charge in [0.2, 0.25) is 5.13 Å². The molecule has 2 rings (SSSR count). The van der Waals surface area contributed by atoms with Crippen LogP contribution in [0.3, 0.4) is 0 Å². The molecule has 1 aromatic heterocycles. The van der Waals surface area contributed by atoms with E-state index in [2.05, 4.69) is 15.5 Å². The van der Waals surface area contributed by atoms with Gasteiger partial charge in [-0.25, -0.2) is 0 Å². The van der Waals surface area contributed by atoms with Crippen LogP contribution in [0.1, 0.15) is 26.2 Å². The maximum Gasteiger partial charge on any atom is 0.500 e. The van der Waals surface area contributed by atoms with Gasteiger partial charge in [0.25, 0.3) is 0 Å². The van der Waals surface area contributed by atoms with Crippen LogP contribution in [-0.2, 0) is 22.8 Å². The van der Waals surface area contributed by atoms with Crippen molar-refractivity contribution in [2.24, 2.45) is 0 Å². The number of carbonyl (C=O) groups is 1. The number of Topliss-reactive ketones (excluding diaryl/α,β-unsaturated/α-hetero) is 1. The highest BCUT2D eigenvalue weighted by Crippen LogP contribution is 2.44. The average molecular weight is 438 g/mol. The highest BCUT2D eigenvalue weighted by Gasteiger charge is 2.41. The third kappa shape index (κ3) is 7.38. The summed E-state index contributed by atoms with van der Waals surface area (Å²) in [5.74, 6) is -0.0113. The number of nitrogens with zero attached hydrogens (tertiary/aromatic N) is 2. The molecule has 0 aliphatic carbocycles. The number of epoxide rings is 1. The van der Waals surface area contributed by atoms with Gasteiger partial charge in [0.15, 0.2) is 4.34 Å². The molecule has 2 N–H and O–H groups in total. The number of hydrogen-bond donors (Lipinski definition) is 2. The van der Waals surface area contributed by atoms with E-state index in [1.807, 2.05) is 6.92 Å². The van der Waals surface area contributed by atoms with Crippen molar-refractivity contribution in [3.05, 3.63) is 0 Å². The van der Waals surface area contributed by atoms with Crippen molar-refractivity contribution in [1.29, 1.82) is 0 Å². The lowest BCUT2D eigenvalue weighted by Crippen LogP contribution is -2.42. The Balaban J connectivity index is 1.64. The number of aliphatic hydroxyl groups excluding tert-OH is 1. The molecule has 1 saturated heterocycles. The van der Waals surface area contributed by atoms with Gasteiger partial charge < -0.3 is 28.4 Å². The Labute approximate surface area is 168 Å². The number of aromatic nitrogens is 2. The minimum absolute atomic E-state index is 0.0113. The highest BCUT2D eigenvalue weighted by molar-refractivity contribution is 8.02. The lowest BCUT2D eigenvalue weighted by Gasteiger charge is -2.24. The molecule has 1 aliphatic heterocycles. The molecule has 1 fully saturated rings. The SMILES string of the molecule is CO[Si](CCCC(=O)CC(O)CNc1nnc(SC2(C)CO2)s1)(OC)OC. The minimum atomic E-state index is -2.65. The molecular formula is C15H27N3O6S2Si. The summed E-state index contributed by atoms with van der Waals surface area (Å²) in [6.07, 6.45) is 0.246. The third-order valence-corrected chi connectivity index (χ3v) is 9.02. The van der Waals surface area contributed by atoms with Crippen LogP contribution in [-0.4, -0.2) is 75.4 Å². The molecule has 0 bridgehead atoms. The van der Waals surface area contributed by atoms with Gasteiger partial charge in [-0.3, -0.25) is 4.79 Å². The zero-order valence-electron chi connectivity index (χ0n) is 16.0. The molecule has 12 heteroatoms. The lowest BCUT2D eigenvalue weighted by atomic mass is 10.1. The van der Waals surface area contributed by atoms with Crippen LogP contribution in [0.4, 0.5) is 5.13 Å². The number of aliphatic hydroxyl groups is 1. The second kappa shape index (κ2) is 10.3. The molecule has 1 aliphatic rings. The van der Waals surface area contributed by atoms with Gasteiger partial charge in [-0.05, 0) is 13.3 Å². The monoisotopic (exact) mass is 437 g/mol. The number of carbonyl (C=O) groups excluding carboxylic acids is 1. The predicted octanol–water partition coefficient (Wildman–Crippen LogP) is 1.77. The second-order valence-electron chi connectivity index (χ2n) is 6.32. The summed E-state index contributed by atoms with van der Waals surface area (Å²) in [7, 11) is 2.00. The van der Waals surface area contributed by atoms with Crippen molar-refractivity contribution < 1.29 is 27.9 Å². The maximum atomic E-state index is 12.0. The summed E-state index contributed by atoms with van der Waals surface area (Å²) in [6.45, 7) is 2.95. The summed E-state index contributed by atoms with van der Waals surface area (Å²) >= 11 is 2.93. The Morgan fingerprint density at radius 3 is 2.67 bits per heavy atom. The maximum absolute atomic E-state index is 12.0. The van der Waals surface area contributed by atoms with Crippen LogP contribution in [0.2, 0.25) is 6.04 Å². The summed E-state index contributed by atoms with van der Waals surface area (Å²) in [6, 6.07) is 0.560. The van der Waals surface area contributed by atoms with Crippen LogP contribution < -0.4 is 5.32 Å². The number of ether oxygens (including phenoxy) is 1. The van der Waals surface area contributed by atoms with Gasteiger partial charge in [-0.1, -0.05) is 23.1 Å². The van der Waals surface area contributed by atoms with Crippen LogP contribution in [0.25, 0.3) is 0 Å². The molecule has 9 nitrogen and oxygen atoms in total. The molecule has 0 radical (unpaired) electrons. The first-order chi connectivity index (χ1) is 12.8. The smallest absolute Gasteiger partial charge is 0.391 e. The van der Waals surface area contributed by atoms with Gasteiger partial charge >= 0.3 is 8.80 Å². The molecule has 2 heterocycles. The zero-order valence-corrected chi connectivity index (χ0v) is 18.7. The van der Waals surface area contributed by atoms with E-state index in [1.54, 1.807) is 21.3 Å². The number of thioether (sulfide) groups is 1. The number of nitrogens with one attached hydrogen (secondary N) is 1. The molecule has 2 unspecified atom stereocenters. The molecule has 0 amide bonds. The Kier molecular flexibility index (Phi) is 8.61. The Bertz CT molecular complexity index is 604. The van der Waals surface area contributed by atoms with Gasteiger partial charge in [-0.2, -0.15) is 0 Å². The fourth-order valence-electron chi connectivity index (χ4n) is 2.37. The molecule has 0 aromatic carbocycles. The molecule has 1 aromatic rings. The lowest BCUT2D eigenvalue weighted by molar-refractivity contribution is -0.120. The van der Waals surface area contributed by atoms with E-state index in [0.717, 1.165) is 4.34 Å². The van der Waals surface area contributed by atoms with Crippen molar-refractivity contribution in [1.82, 2.24) is 10.2 Å². The number of hydrogen-bond acceptors (Lipinski definition) is 11. The predicted molar refractivity (Wildman–Crippen MR) is 105 cm³/mol. The first-order valence-corrected chi connectivity index (χ1v) is 12.2. The van der Waals surface area contributed by atoms with Gasteiger partial charge in [-0.15, -0.1) is 10.2 Å². The van der Waals surface area contributed by atoms with E-state index in [0.29, 0.717) is 30.6 Å². The van der Waals surface area contributed by atoms with Crippen molar-refractivity contribution in [3.8, 4) is 0 Å². The van der Waals surface area contributed by atoms with E-state index in [4.69, 9.17) is 18.0 Å². The average Bonchev–Trinajstić information content (AvgIpc) is 3.20. The fraction of sp³-hybridized carbons (Fsp3) is 0.800. The third-order valence-electron chi connectivity index (χ3n) is 4.08. The summed E-state index contributed by atoms with van der Waals surface area (Å²) in [4.78, 5) is 11.9. The Morgan fingerprint density at radius 2 is 2.07 bits per heavy atom. The van der Waals surface area contributed by atoms with E-state index in [9.17, 15) is 9.90 Å². The molecule has 154 valence electrons. The number of ketones is 1. The topological polar surface area (TPSA) is 115 Å². The minimum Gasteiger partial charge on any atom is -0.391 e. The van der Waals surface area contributed by atoms with E-state index >= 15 is 0 Å². The molecule has 0 spiro atoms. The first-order valence-electron chi connectivity index (χ1n) is 8.59. The quantitative estimate of drug-likeness (QED) is 0.329. The Morgan fingerprint density at radius 1 is 1.41 bits per heavy atom. The molecule has 2 atom stereocenters. The molecule has 0 saturated carbocycles. The Hall–Kier alpha value is -0.603. The fourth-order valence-corrected chi connectivity index (χ4v) is 6.13. The normalized spacial score (nSPS) is 20.5. The second-order valence-corrected chi connectivity index (χ2v) is 12.1. The van der Waals surface area contributed by atoms with Crippen LogP contribution in [0.15, 0.2) is 4.34 Å². The van der Waals surface area contributed by atoms with E-state index in [1.165, 1.54) is 23.1 Å². The highest BCUT2D eigenvalue weighted by atomic mass is 32.2. The van der Waals surface area contributed by atoms with Gasteiger partial charge in [0.05, 0.1) is 12.7 Å². The van der Waals surface area contributed by atoms with Crippen molar-refractivity contribution >= 4 is 42.8 Å². The summed E-state index contributed by atoms with van der Waals surface area (Å²) in [5.41, 5.74) is 0. The summed E-state index contributed by atoms with van der Waals surface area (Å²) in [5, 5.41) is 21.8. The van der Waals surface area contributed by atoms with E-state index in [-0.39, 0.29) is 23.7 Å². The van der Waals surface area contributed by atoms with Crippen molar-refractivity contribution in [2.45, 2.75) is 47.6 Å². The largest absolute Gasteiger partial charge is 0.500 e. The number of rotatable bonds is 14. The molecular weight excluding hydrogens is 410 g/mol. The van der Waals surface area contributed by atoms with Crippen LogP contribution in [0.5, 0.6) is 0 Å². The standard InChI is InChI=1S/C15H27N3O6S2Si/c1-15(10-24-15)26-14-18-17-13(25-14)16-9-12(20)8-11(19)6-5-7-27(21-2,22-3)23-4/h12,20H,5-10H2,1-4H3,(H,16,17). The molecule has 27 heavy (non-hydrogen) atoms. The van der Waals surface area contributed by atoms with E-state index < -0.39 is 14.9 Å². The zero-order chi connectivity index (χ0) is 19.9. The number of anilines is 1. The van der Waals surface area contributed by atoms with Gasteiger partial charge in [0.1, 0.15) is 10.7 Å².